The van der Waals surface area contributed by atoms with Crippen molar-refractivity contribution in [3.05, 3.63) is 0 Å². The van der Waals surface area contributed by atoms with Crippen molar-refractivity contribution in [3.63, 3.8) is 0 Å². The van der Waals surface area contributed by atoms with Crippen molar-refractivity contribution < 1.29 is 4.79 Å². The lowest BCUT2D eigenvalue weighted by atomic mass is 10.2. The van der Waals surface area contributed by atoms with Crippen LogP contribution in [0.4, 0.5) is 0 Å². The molecule has 0 aromatic rings. The molecule has 12 heavy (non-hydrogen) atoms. The molecule has 0 unspecified atom stereocenters. The second-order valence-electron chi connectivity index (χ2n) is 3.06. The molecule has 0 aromatic carbocycles. The van der Waals surface area contributed by atoms with Crippen LogP contribution >= 0.6 is 0 Å². The molecule has 1 heterocycles. The molecule has 0 radical (unpaired) electrons. The van der Waals surface area contributed by atoms with Crippen LogP contribution in [-0.2, 0) is 4.79 Å². The predicted molar refractivity (Wildman–Crippen MR) is 52.3 cm³/mol. The zero-order valence-electron chi connectivity index (χ0n) is 8.36. The first kappa shape index (κ1) is 11.6. The Morgan fingerprint density at radius 2 is 1.58 bits per heavy atom. The second-order valence-corrected chi connectivity index (χ2v) is 3.06. The van der Waals surface area contributed by atoms with Gasteiger partial charge in [-0.2, -0.15) is 0 Å². The van der Waals surface area contributed by atoms with Gasteiger partial charge >= 0.3 is 0 Å². The van der Waals surface area contributed by atoms with Crippen molar-refractivity contribution >= 4 is 5.78 Å². The lowest BCUT2D eigenvalue weighted by molar-refractivity contribution is -0.118. The fourth-order valence-electron chi connectivity index (χ4n) is 1.05. The number of nitrogens with one attached hydrogen (secondary N) is 1. The molecular formula is C10H21NO. The van der Waals surface area contributed by atoms with Gasteiger partial charge in [0.15, 0.2) is 0 Å². The summed E-state index contributed by atoms with van der Waals surface area (Å²) in [6, 6.07) is 0. The van der Waals surface area contributed by atoms with E-state index in [-0.39, 0.29) is 0 Å². The summed E-state index contributed by atoms with van der Waals surface area (Å²) in [5.74, 6) is 0.343. The smallest absolute Gasteiger partial charge is 0.132 e. The van der Waals surface area contributed by atoms with Gasteiger partial charge in [0.2, 0.25) is 0 Å². The fraction of sp³-hybridized carbons (Fsp3) is 0.900. The largest absolute Gasteiger partial charge is 0.317 e. The SMILES string of the molecule is C1CCNCC1.CCC(=O)CC. The zero-order chi connectivity index (χ0) is 9.23. The molecule has 0 saturated carbocycles. The molecule has 0 bridgehead atoms. The van der Waals surface area contributed by atoms with E-state index in [1.54, 1.807) is 0 Å². The van der Waals surface area contributed by atoms with Crippen LogP contribution in [0.15, 0.2) is 0 Å². The van der Waals surface area contributed by atoms with E-state index in [4.69, 9.17) is 0 Å². The highest BCUT2D eigenvalue weighted by atomic mass is 16.1. The summed E-state index contributed by atoms with van der Waals surface area (Å²) in [4.78, 5) is 10.2. The molecule has 0 aliphatic carbocycles. The Morgan fingerprint density at radius 3 is 1.67 bits per heavy atom. The molecule has 1 aliphatic heterocycles. The zero-order valence-corrected chi connectivity index (χ0v) is 8.36. The number of piperidine rings is 1. The summed E-state index contributed by atoms with van der Waals surface area (Å²) in [5, 5.41) is 3.28. The lowest BCUT2D eigenvalue weighted by Crippen LogP contribution is -2.21. The van der Waals surface area contributed by atoms with Gasteiger partial charge in [-0.1, -0.05) is 20.3 Å². The summed E-state index contributed by atoms with van der Waals surface area (Å²) in [6.07, 6.45) is 5.60. The molecule has 2 heteroatoms. The van der Waals surface area contributed by atoms with E-state index in [2.05, 4.69) is 5.32 Å². The van der Waals surface area contributed by atoms with E-state index in [1.807, 2.05) is 13.8 Å². The monoisotopic (exact) mass is 171 g/mol. The molecular weight excluding hydrogens is 150 g/mol. The normalized spacial score (nSPS) is 16.2. The first-order valence-corrected chi connectivity index (χ1v) is 5.03. The third-order valence-electron chi connectivity index (χ3n) is 2.00. The minimum atomic E-state index is 0.343. The van der Waals surface area contributed by atoms with Crippen molar-refractivity contribution in [2.24, 2.45) is 0 Å². The fourth-order valence-corrected chi connectivity index (χ4v) is 1.05. The van der Waals surface area contributed by atoms with E-state index < -0.39 is 0 Å². The quantitative estimate of drug-likeness (QED) is 0.689. The van der Waals surface area contributed by atoms with E-state index in [0.717, 1.165) is 0 Å². The number of rotatable bonds is 2. The van der Waals surface area contributed by atoms with Crippen molar-refractivity contribution in [2.45, 2.75) is 46.0 Å². The molecule has 72 valence electrons. The first-order chi connectivity index (χ1) is 5.81. The third kappa shape index (κ3) is 7.73. The summed E-state index contributed by atoms with van der Waals surface area (Å²) < 4.78 is 0. The van der Waals surface area contributed by atoms with Crippen LogP contribution in [0.5, 0.6) is 0 Å². The maximum Gasteiger partial charge on any atom is 0.132 e. The highest BCUT2D eigenvalue weighted by molar-refractivity contribution is 5.77. The topological polar surface area (TPSA) is 29.1 Å². The highest BCUT2D eigenvalue weighted by Gasteiger charge is 1.93. The number of ketones is 1. The summed E-state index contributed by atoms with van der Waals surface area (Å²) in [6.45, 7) is 6.26. The van der Waals surface area contributed by atoms with Crippen LogP contribution in [-0.4, -0.2) is 18.9 Å². The molecule has 0 spiro atoms. The molecule has 1 rings (SSSR count). The second kappa shape index (κ2) is 8.72. The Kier molecular flexibility index (Phi) is 8.46. The molecule has 0 aromatic heterocycles. The minimum Gasteiger partial charge on any atom is -0.317 e. The molecule has 1 N–H and O–H groups in total. The van der Waals surface area contributed by atoms with Gasteiger partial charge in [-0.05, 0) is 25.9 Å². The van der Waals surface area contributed by atoms with Gasteiger partial charge in [0, 0.05) is 12.8 Å². The molecule has 0 atom stereocenters. The average molecular weight is 171 g/mol. The number of carbonyl (C=O) groups is 1. The number of carbonyl (C=O) groups excluding carboxylic acids is 1. The maximum absolute atomic E-state index is 10.2. The van der Waals surface area contributed by atoms with Crippen LogP contribution in [0, 0.1) is 0 Å². The number of hydrogen-bond donors (Lipinski definition) is 1. The van der Waals surface area contributed by atoms with E-state index >= 15 is 0 Å². The number of hydrogen-bond acceptors (Lipinski definition) is 2. The lowest BCUT2D eigenvalue weighted by Gasteiger charge is -2.08. The Morgan fingerprint density at radius 1 is 1.08 bits per heavy atom. The Labute approximate surface area is 75.7 Å². The Balaban J connectivity index is 0.000000202. The van der Waals surface area contributed by atoms with Gasteiger partial charge in [-0.25, -0.2) is 0 Å². The van der Waals surface area contributed by atoms with Crippen LogP contribution in [0.2, 0.25) is 0 Å². The van der Waals surface area contributed by atoms with Gasteiger partial charge in [0.25, 0.3) is 0 Å². The minimum absolute atomic E-state index is 0.343. The molecule has 0 amide bonds. The standard InChI is InChI=1S/C5H11N.C5H10O/c1-2-4-6-5-3-1;1-3-5(6)4-2/h6H,1-5H2;3-4H2,1-2H3. The maximum atomic E-state index is 10.2. The molecule has 1 aliphatic rings. The molecule has 1 saturated heterocycles. The van der Waals surface area contributed by atoms with E-state index in [1.165, 1.54) is 32.4 Å². The van der Waals surface area contributed by atoms with Gasteiger partial charge in [-0.3, -0.25) is 4.79 Å². The average Bonchev–Trinajstić information content (AvgIpc) is 2.20. The predicted octanol–water partition coefficient (Wildman–Crippen LogP) is 2.14. The number of Topliss-reactive ketones (excluding diaryl/α,β-unsaturated/α-hetero) is 1. The highest BCUT2D eigenvalue weighted by Crippen LogP contribution is 1.96. The summed E-state index contributed by atoms with van der Waals surface area (Å²) in [7, 11) is 0. The Bertz CT molecular complexity index is 90.9. The van der Waals surface area contributed by atoms with Crippen molar-refractivity contribution in [2.75, 3.05) is 13.1 Å². The van der Waals surface area contributed by atoms with Crippen molar-refractivity contribution in [1.29, 1.82) is 0 Å². The third-order valence-corrected chi connectivity index (χ3v) is 2.00. The van der Waals surface area contributed by atoms with E-state index in [0.29, 0.717) is 18.6 Å². The Hall–Kier alpha value is -0.370. The van der Waals surface area contributed by atoms with Crippen LogP contribution < -0.4 is 5.32 Å². The molecule has 2 nitrogen and oxygen atoms in total. The summed E-state index contributed by atoms with van der Waals surface area (Å²) in [5.41, 5.74) is 0. The van der Waals surface area contributed by atoms with Crippen molar-refractivity contribution in [1.82, 2.24) is 5.32 Å². The van der Waals surface area contributed by atoms with Crippen molar-refractivity contribution in [3.8, 4) is 0 Å². The van der Waals surface area contributed by atoms with Gasteiger partial charge in [0.05, 0.1) is 0 Å². The van der Waals surface area contributed by atoms with Crippen LogP contribution in [0.25, 0.3) is 0 Å². The van der Waals surface area contributed by atoms with Gasteiger partial charge in [0.1, 0.15) is 5.78 Å². The van der Waals surface area contributed by atoms with Gasteiger partial charge < -0.3 is 5.32 Å². The van der Waals surface area contributed by atoms with Crippen LogP contribution in [0.3, 0.4) is 0 Å². The van der Waals surface area contributed by atoms with Crippen LogP contribution in [0.1, 0.15) is 46.0 Å². The summed E-state index contributed by atoms with van der Waals surface area (Å²) >= 11 is 0. The van der Waals surface area contributed by atoms with Gasteiger partial charge in [-0.15, -0.1) is 0 Å². The molecule has 1 fully saturated rings. The first-order valence-electron chi connectivity index (χ1n) is 5.03. The van der Waals surface area contributed by atoms with E-state index in [9.17, 15) is 4.79 Å².